The molecule has 2 aromatic rings. The van der Waals surface area contributed by atoms with Gasteiger partial charge in [0.05, 0.1) is 11.4 Å². The van der Waals surface area contributed by atoms with Crippen molar-refractivity contribution in [1.29, 1.82) is 0 Å². The SMILES string of the molecule is CC(C)/C(=N/N=C(/c1ccccc1)C(C)C)c1ccccc1. The second-order valence-corrected chi connectivity index (χ2v) is 6.01. The van der Waals surface area contributed by atoms with E-state index in [1.165, 1.54) is 0 Å². The third-order valence-corrected chi connectivity index (χ3v) is 3.50. The molecule has 0 N–H and O–H groups in total. The second kappa shape index (κ2) is 7.69. The van der Waals surface area contributed by atoms with E-state index in [0.717, 1.165) is 22.6 Å². The van der Waals surface area contributed by atoms with E-state index in [1.54, 1.807) is 0 Å². The second-order valence-electron chi connectivity index (χ2n) is 6.01. The molecule has 2 heteroatoms. The molecular formula is C20H24N2. The molecular weight excluding hydrogens is 268 g/mol. The molecule has 0 radical (unpaired) electrons. The normalized spacial score (nSPS) is 13.0. The van der Waals surface area contributed by atoms with Gasteiger partial charge in [0, 0.05) is 0 Å². The Bertz CT molecular complexity index is 578. The molecule has 0 heterocycles. The highest BCUT2D eigenvalue weighted by atomic mass is 15.2. The van der Waals surface area contributed by atoms with Crippen LogP contribution in [0.15, 0.2) is 70.9 Å². The van der Waals surface area contributed by atoms with Crippen LogP contribution in [0, 0.1) is 11.8 Å². The Morgan fingerprint density at radius 1 is 0.591 bits per heavy atom. The smallest absolute Gasteiger partial charge is 0.0728 e. The van der Waals surface area contributed by atoms with Gasteiger partial charge in [-0.15, -0.1) is 0 Å². The van der Waals surface area contributed by atoms with Gasteiger partial charge in [0.2, 0.25) is 0 Å². The molecule has 114 valence electrons. The quantitative estimate of drug-likeness (QED) is 0.535. The predicted octanol–water partition coefficient (Wildman–Crippen LogP) is 5.19. The lowest BCUT2D eigenvalue weighted by Crippen LogP contribution is -2.12. The molecule has 0 aliphatic rings. The maximum absolute atomic E-state index is 4.60. The van der Waals surface area contributed by atoms with Crippen LogP contribution in [-0.4, -0.2) is 11.4 Å². The predicted molar refractivity (Wildman–Crippen MR) is 95.6 cm³/mol. The van der Waals surface area contributed by atoms with Gasteiger partial charge in [0.15, 0.2) is 0 Å². The highest BCUT2D eigenvalue weighted by Crippen LogP contribution is 2.13. The van der Waals surface area contributed by atoms with Gasteiger partial charge in [0.25, 0.3) is 0 Å². The van der Waals surface area contributed by atoms with Gasteiger partial charge in [-0.3, -0.25) is 0 Å². The maximum Gasteiger partial charge on any atom is 0.0728 e. The first-order chi connectivity index (χ1) is 10.6. The number of nitrogens with zero attached hydrogens (tertiary/aromatic N) is 2. The fourth-order valence-electron chi connectivity index (χ4n) is 2.34. The molecule has 0 saturated carbocycles. The largest absolute Gasteiger partial charge is 0.154 e. The summed E-state index contributed by atoms with van der Waals surface area (Å²) >= 11 is 0. The van der Waals surface area contributed by atoms with Crippen molar-refractivity contribution < 1.29 is 0 Å². The Kier molecular flexibility index (Phi) is 5.65. The monoisotopic (exact) mass is 292 g/mol. The molecule has 0 fully saturated rings. The first-order valence-corrected chi connectivity index (χ1v) is 7.86. The van der Waals surface area contributed by atoms with Gasteiger partial charge in [-0.1, -0.05) is 88.4 Å². The van der Waals surface area contributed by atoms with Crippen molar-refractivity contribution in [3.05, 3.63) is 71.8 Å². The summed E-state index contributed by atoms with van der Waals surface area (Å²) in [4.78, 5) is 0. The van der Waals surface area contributed by atoms with E-state index < -0.39 is 0 Å². The van der Waals surface area contributed by atoms with Crippen LogP contribution in [0.2, 0.25) is 0 Å². The first kappa shape index (κ1) is 16.2. The van der Waals surface area contributed by atoms with Crippen LogP contribution in [0.3, 0.4) is 0 Å². The molecule has 0 amide bonds. The van der Waals surface area contributed by atoms with Crippen LogP contribution in [0.1, 0.15) is 38.8 Å². The molecule has 0 aliphatic heterocycles. The van der Waals surface area contributed by atoms with Crippen LogP contribution in [-0.2, 0) is 0 Å². The Labute approximate surface area is 133 Å². The van der Waals surface area contributed by atoms with Crippen LogP contribution < -0.4 is 0 Å². The van der Waals surface area contributed by atoms with Gasteiger partial charge < -0.3 is 0 Å². The Morgan fingerprint density at radius 2 is 0.909 bits per heavy atom. The summed E-state index contributed by atoms with van der Waals surface area (Å²) < 4.78 is 0. The lowest BCUT2D eigenvalue weighted by molar-refractivity contribution is 0.859. The van der Waals surface area contributed by atoms with Gasteiger partial charge >= 0.3 is 0 Å². The Balaban J connectivity index is 2.42. The lowest BCUT2D eigenvalue weighted by Gasteiger charge is -2.11. The minimum Gasteiger partial charge on any atom is -0.154 e. The van der Waals surface area contributed by atoms with Crippen molar-refractivity contribution in [1.82, 2.24) is 0 Å². The van der Waals surface area contributed by atoms with E-state index in [1.807, 2.05) is 36.4 Å². The van der Waals surface area contributed by atoms with Gasteiger partial charge in [0.1, 0.15) is 0 Å². The molecule has 0 bridgehead atoms. The Morgan fingerprint density at radius 3 is 1.18 bits per heavy atom. The van der Waals surface area contributed by atoms with E-state index in [2.05, 4.69) is 62.2 Å². The summed E-state index contributed by atoms with van der Waals surface area (Å²) in [6.07, 6.45) is 0. The average Bonchev–Trinajstić information content (AvgIpc) is 2.52. The van der Waals surface area contributed by atoms with Crippen molar-refractivity contribution >= 4 is 11.4 Å². The molecule has 2 aromatic carbocycles. The van der Waals surface area contributed by atoms with Crippen molar-refractivity contribution in [2.45, 2.75) is 27.7 Å². The zero-order valence-corrected chi connectivity index (χ0v) is 13.8. The van der Waals surface area contributed by atoms with Gasteiger partial charge in [-0.2, -0.15) is 10.2 Å². The highest BCUT2D eigenvalue weighted by molar-refractivity contribution is 6.04. The topological polar surface area (TPSA) is 24.7 Å². The van der Waals surface area contributed by atoms with Crippen LogP contribution in [0.25, 0.3) is 0 Å². The fraction of sp³-hybridized carbons (Fsp3) is 0.300. The summed E-state index contributed by atoms with van der Waals surface area (Å²) in [5.74, 6) is 0.658. The van der Waals surface area contributed by atoms with Crippen LogP contribution >= 0.6 is 0 Å². The summed E-state index contributed by atoms with van der Waals surface area (Å²) in [6, 6.07) is 20.6. The number of hydrogen-bond acceptors (Lipinski definition) is 2. The molecule has 0 aliphatic carbocycles. The van der Waals surface area contributed by atoms with Crippen molar-refractivity contribution in [2.24, 2.45) is 22.0 Å². The number of benzene rings is 2. The van der Waals surface area contributed by atoms with E-state index >= 15 is 0 Å². The number of rotatable bonds is 5. The van der Waals surface area contributed by atoms with E-state index in [4.69, 9.17) is 0 Å². The lowest BCUT2D eigenvalue weighted by atomic mass is 10.00. The van der Waals surface area contributed by atoms with Crippen molar-refractivity contribution in [2.75, 3.05) is 0 Å². The Hall–Kier alpha value is -2.22. The molecule has 2 rings (SSSR count). The third-order valence-electron chi connectivity index (χ3n) is 3.50. The molecule has 0 aromatic heterocycles. The van der Waals surface area contributed by atoms with Crippen molar-refractivity contribution in [3.63, 3.8) is 0 Å². The fourth-order valence-corrected chi connectivity index (χ4v) is 2.34. The van der Waals surface area contributed by atoms with Gasteiger partial charge in [-0.05, 0) is 23.0 Å². The highest BCUT2D eigenvalue weighted by Gasteiger charge is 2.11. The summed E-state index contributed by atoms with van der Waals surface area (Å²) in [6.45, 7) is 8.61. The van der Waals surface area contributed by atoms with Crippen molar-refractivity contribution in [3.8, 4) is 0 Å². The maximum atomic E-state index is 4.60. The van der Waals surface area contributed by atoms with Crippen LogP contribution in [0.5, 0.6) is 0 Å². The molecule has 0 saturated heterocycles. The molecule has 0 unspecified atom stereocenters. The minimum absolute atomic E-state index is 0.329. The first-order valence-electron chi connectivity index (χ1n) is 7.86. The zero-order chi connectivity index (χ0) is 15.9. The third kappa shape index (κ3) is 4.14. The standard InChI is InChI=1S/C20H24N2/c1-15(2)19(17-11-7-5-8-12-17)21-22-20(16(3)4)18-13-9-6-10-14-18/h5-16H,1-4H3/b21-19-,22-20+. The minimum atomic E-state index is 0.329. The molecule has 2 nitrogen and oxygen atoms in total. The summed E-state index contributed by atoms with van der Waals surface area (Å²) in [7, 11) is 0. The molecule has 0 atom stereocenters. The van der Waals surface area contributed by atoms with Crippen LogP contribution in [0.4, 0.5) is 0 Å². The van der Waals surface area contributed by atoms with Gasteiger partial charge in [-0.25, -0.2) is 0 Å². The van der Waals surface area contributed by atoms with E-state index in [-0.39, 0.29) is 0 Å². The molecule has 0 spiro atoms. The zero-order valence-electron chi connectivity index (χ0n) is 13.8. The van der Waals surface area contributed by atoms with E-state index in [0.29, 0.717) is 11.8 Å². The number of hydrogen-bond donors (Lipinski definition) is 0. The average molecular weight is 292 g/mol. The summed E-state index contributed by atoms with van der Waals surface area (Å²) in [5.41, 5.74) is 4.32. The summed E-state index contributed by atoms with van der Waals surface area (Å²) in [5, 5.41) is 9.19. The van der Waals surface area contributed by atoms with E-state index in [9.17, 15) is 0 Å². The molecule has 22 heavy (non-hydrogen) atoms.